The Labute approximate surface area is 164 Å². The van der Waals surface area contributed by atoms with E-state index in [1.165, 1.54) is 12.7 Å². The average Bonchev–Trinajstić information content (AvgIpc) is 3.12. The van der Waals surface area contributed by atoms with Gasteiger partial charge in [0.25, 0.3) is 5.91 Å². The lowest BCUT2D eigenvalue weighted by Gasteiger charge is -2.23. The highest BCUT2D eigenvalue weighted by molar-refractivity contribution is 6.02. The Morgan fingerprint density at radius 2 is 2.14 bits per heavy atom. The van der Waals surface area contributed by atoms with Crippen molar-refractivity contribution in [3.05, 3.63) is 58.7 Å². The molecule has 0 unspecified atom stereocenters. The molecule has 3 rings (SSSR count). The first kappa shape index (κ1) is 19.6. The summed E-state index contributed by atoms with van der Waals surface area (Å²) in [5.74, 6) is -0.288. The lowest BCUT2D eigenvalue weighted by molar-refractivity contribution is 0.0680. The third-order valence-corrected chi connectivity index (χ3v) is 5.24. The fourth-order valence-electron chi connectivity index (χ4n) is 3.58. The molecule has 1 heterocycles. The van der Waals surface area contributed by atoms with E-state index in [-0.39, 0.29) is 25.1 Å². The summed E-state index contributed by atoms with van der Waals surface area (Å²) in [6, 6.07) is 13.1. The Hall–Kier alpha value is -3.17. The molecule has 0 saturated carbocycles. The van der Waals surface area contributed by atoms with Gasteiger partial charge in [0.2, 0.25) is 0 Å². The van der Waals surface area contributed by atoms with Gasteiger partial charge < -0.3 is 14.8 Å². The molecular formula is C22H23N3O3. The molecule has 2 aromatic rings. The van der Waals surface area contributed by atoms with Gasteiger partial charge >= 0.3 is 0 Å². The summed E-state index contributed by atoms with van der Waals surface area (Å²) in [7, 11) is 1.45. The van der Waals surface area contributed by atoms with Gasteiger partial charge in [0, 0.05) is 6.42 Å². The van der Waals surface area contributed by atoms with E-state index in [1.54, 1.807) is 17.0 Å². The van der Waals surface area contributed by atoms with Crippen LogP contribution >= 0.6 is 0 Å². The number of likely N-dealkylation sites (tertiary alicyclic amines) is 1. The lowest BCUT2D eigenvalue weighted by Crippen LogP contribution is -2.38. The van der Waals surface area contributed by atoms with Gasteiger partial charge in [0.05, 0.1) is 42.1 Å². The summed E-state index contributed by atoms with van der Waals surface area (Å²) in [5, 5.41) is 23.2. The monoisotopic (exact) mass is 377 g/mol. The van der Waals surface area contributed by atoms with Crippen LogP contribution in [-0.4, -0.2) is 47.9 Å². The Bertz CT molecular complexity index is 975. The molecule has 28 heavy (non-hydrogen) atoms. The lowest BCUT2D eigenvalue weighted by atomic mass is 9.94. The quantitative estimate of drug-likeness (QED) is 0.830. The third-order valence-electron chi connectivity index (χ3n) is 5.24. The third kappa shape index (κ3) is 3.62. The van der Waals surface area contributed by atoms with E-state index < -0.39 is 0 Å². The summed E-state index contributed by atoms with van der Waals surface area (Å²) in [6.45, 7) is 4.20. The van der Waals surface area contributed by atoms with Gasteiger partial charge in [0.15, 0.2) is 0 Å². The standard InChI is InChI=1S/C22H23N3O3/c1-14-5-4-6-20(15(14)2)16-7-8-21(17(9-16)11-23)22(27)25-12-18(24-28-3)10-19(25)13-26/h4-9,19,26H,10,12-13H2,1-3H3/b24-18+/t19-/m0/s1. The van der Waals surface area contributed by atoms with Crippen LogP contribution in [0.25, 0.3) is 11.1 Å². The SMILES string of the molecule is CO/N=C1\C[C@@H](CO)N(C(=O)c2ccc(-c3cccc(C)c3C)cc2C#N)C1. The second-order valence-corrected chi connectivity index (χ2v) is 6.93. The van der Waals surface area contributed by atoms with Crippen LogP contribution in [0.15, 0.2) is 41.6 Å². The summed E-state index contributed by atoms with van der Waals surface area (Å²) < 4.78 is 0. The van der Waals surface area contributed by atoms with Gasteiger partial charge in [-0.1, -0.05) is 29.4 Å². The van der Waals surface area contributed by atoms with E-state index in [0.717, 1.165) is 16.7 Å². The van der Waals surface area contributed by atoms with Crippen LogP contribution in [0.5, 0.6) is 0 Å². The smallest absolute Gasteiger partial charge is 0.255 e. The minimum absolute atomic E-state index is 0.170. The molecule has 1 fully saturated rings. The molecule has 0 aromatic heterocycles. The topological polar surface area (TPSA) is 85.9 Å². The fourth-order valence-corrected chi connectivity index (χ4v) is 3.58. The van der Waals surface area contributed by atoms with Crippen molar-refractivity contribution in [2.45, 2.75) is 26.3 Å². The molecule has 1 aliphatic rings. The molecule has 1 N–H and O–H groups in total. The number of aliphatic hydroxyl groups excluding tert-OH is 1. The fraction of sp³-hybridized carbons (Fsp3) is 0.318. The number of amides is 1. The van der Waals surface area contributed by atoms with E-state index in [9.17, 15) is 15.2 Å². The molecule has 0 bridgehead atoms. The number of hydrogen-bond acceptors (Lipinski definition) is 5. The Balaban J connectivity index is 1.97. The first-order valence-electron chi connectivity index (χ1n) is 9.11. The average molecular weight is 377 g/mol. The van der Waals surface area contributed by atoms with Crippen molar-refractivity contribution < 1.29 is 14.7 Å². The molecule has 0 radical (unpaired) electrons. The highest BCUT2D eigenvalue weighted by atomic mass is 16.6. The number of carbonyl (C=O) groups excluding carboxylic acids is 1. The molecule has 1 aliphatic heterocycles. The number of nitriles is 1. The van der Waals surface area contributed by atoms with E-state index >= 15 is 0 Å². The van der Waals surface area contributed by atoms with Crippen molar-refractivity contribution in [2.75, 3.05) is 20.3 Å². The molecule has 1 amide bonds. The number of hydrogen-bond donors (Lipinski definition) is 1. The van der Waals surface area contributed by atoms with E-state index in [2.05, 4.69) is 11.2 Å². The van der Waals surface area contributed by atoms with Crippen LogP contribution < -0.4 is 0 Å². The van der Waals surface area contributed by atoms with Gasteiger partial charge in [-0.25, -0.2) is 0 Å². The molecule has 0 aliphatic carbocycles. The zero-order chi connectivity index (χ0) is 20.3. The maximum atomic E-state index is 13.1. The summed E-state index contributed by atoms with van der Waals surface area (Å²) in [6.07, 6.45) is 0.457. The van der Waals surface area contributed by atoms with Crippen molar-refractivity contribution >= 4 is 11.6 Å². The molecule has 1 saturated heterocycles. The highest BCUT2D eigenvalue weighted by Crippen LogP contribution is 2.28. The molecule has 6 nitrogen and oxygen atoms in total. The Kier molecular flexibility index (Phi) is 5.76. The normalized spacial score (nSPS) is 17.6. The maximum Gasteiger partial charge on any atom is 0.255 e. The van der Waals surface area contributed by atoms with Gasteiger partial charge in [0.1, 0.15) is 7.11 Å². The molecule has 2 aromatic carbocycles. The van der Waals surface area contributed by atoms with Crippen LogP contribution in [0.3, 0.4) is 0 Å². The minimum atomic E-state index is -0.369. The van der Waals surface area contributed by atoms with Crippen LogP contribution in [0.1, 0.15) is 33.5 Å². The number of benzene rings is 2. The van der Waals surface area contributed by atoms with Gasteiger partial charge in [-0.3, -0.25) is 4.79 Å². The number of oxime groups is 1. The minimum Gasteiger partial charge on any atom is -0.399 e. The van der Waals surface area contributed by atoms with Crippen molar-refractivity contribution in [1.82, 2.24) is 4.90 Å². The van der Waals surface area contributed by atoms with Crippen LogP contribution in [0.4, 0.5) is 0 Å². The molecule has 1 atom stereocenters. The van der Waals surface area contributed by atoms with E-state index in [1.807, 2.05) is 38.1 Å². The summed E-state index contributed by atoms with van der Waals surface area (Å²) in [5.41, 5.74) is 5.59. The Morgan fingerprint density at radius 3 is 2.82 bits per heavy atom. The van der Waals surface area contributed by atoms with Crippen LogP contribution in [0, 0.1) is 25.2 Å². The second kappa shape index (κ2) is 8.24. The molecular weight excluding hydrogens is 354 g/mol. The predicted octanol–water partition coefficient (Wildman–Crippen LogP) is 3.05. The highest BCUT2D eigenvalue weighted by Gasteiger charge is 2.34. The Morgan fingerprint density at radius 1 is 1.36 bits per heavy atom. The zero-order valence-electron chi connectivity index (χ0n) is 16.3. The van der Waals surface area contributed by atoms with Crippen molar-refractivity contribution in [3.8, 4) is 17.2 Å². The molecule has 6 heteroatoms. The molecule has 0 spiro atoms. The largest absolute Gasteiger partial charge is 0.399 e. The first-order valence-corrected chi connectivity index (χ1v) is 9.11. The van der Waals surface area contributed by atoms with Crippen molar-refractivity contribution in [1.29, 1.82) is 5.26 Å². The van der Waals surface area contributed by atoms with E-state index in [0.29, 0.717) is 23.3 Å². The van der Waals surface area contributed by atoms with Crippen LogP contribution in [0.2, 0.25) is 0 Å². The zero-order valence-corrected chi connectivity index (χ0v) is 16.3. The predicted molar refractivity (Wildman–Crippen MR) is 107 cm³/mol. The van der Waals surface area contributed by atoms with Crippen LogP contribution in [-0.2, 0) is 4.84 Å². The summed E-state index contributed by atoms with van der Waals surface area (Å²) >= 11 is 0. The van der Waals surface area contributed by atoms with Gasteiger partial charge in [-0.05, 0) is 48.2 Å². The number of aryl methyl sites for hydroxylation is 1. The second-order valence-electron chi connectivity index (χ2n) is 6.93. The van der Waals surface area contributed by atoms with Crippen molar-refractivity contribution in [3.63, 3.8) is 0 Å². The van der Waals surface area contributed by atoms with Gasteiger partial charge in [-0.15, -0.1) is 0 Å². The van der Waals surface area contributed by atoms with Crippen molar-refractivity contribution in [2.24, 2.45) is 5.16 Å². The van der Waals surface area contributed by atoms with E-state index in [4.69, 9.17) is 4.84 Å². The number of nitrogens with zero attached hydrogens (tertiary/aromatic N) is 3. The first-order chi connectivity index (χ1) is 13.5. The number of rotatable bonds is 4. The number of aliphatic hydroxyl groups is 1. The molecule has 144 valence electrons. The van der Waals surface area contributed by atoms with Gasteiger partial charge in [-0.2, -0.15) is 5.26 Å². The maximum absolute atomic E-state index is 13.1. The number of carbonyl (C=O) groups is 1. The summed E-state index contributed by atoms with van der Waals surface area (Å²) in [4.78, 5) is 19.4.